The molecule has 0 aliphatic heterocycles. The van der Waals surface area contributed by atoms with E-state index in [-0.39, 0.29) is 70.3 Å². The zero-order valence-electron chi connectivity index (χ0n) is 3.20. The van der Waals surface area contributed by atoms with Gasteiger partial charge >= 0.3 is 78.1 Å². The van der Waals surface area contributed by atoms with Gasteiger partial charge in [-0.2, -0.15) is 0 Å². The topological polar surface area (TPSA) is 77.8 Å². The molecule has 34 valence electrons. The normalized spacial score (nSPS) is 9.83. The molecule has 0 fully saturated rings. The molecular weight excluding hydrogens is 228 g/mol. The fourth-order valence-corrected chi connectivity index (χ4v) is 0. The van der Waals surface area contributed by atoms with E-state index in [0.29, 0.717) is 0 Å². The van der Waals surface area contributed by atoms with Gasteiger partial charge in [0.15, 0.2) is 0 Å². The predicted molar refractivity (Wildman–Crippen MR) is 22.5 cm³/mol. The van der Waals surface area contributed by atoms with E-state index in [1.165, 1.54) is 0 Å². The third kappa shape index (κ3) is 35.1. The standard InChI is InChI=1S/Cs.H3O4P.H/c;1-5(2,3)4;/h;(H3,1,2,3,4);/p+1. The van der Waals surface area contributed by atoms with Crippen LogP contribution in [-0.4, -0.2) is 83.6 Å². The molecule has 0 aliphatic rings. The summed E-state index contributed by atoms with van der Waals surface area (Å²) in [4.78, 5) is 21.6. The average Bonchev–Trinajstić information content (AvgIpc) is 0.722. The van der Waals surface area contributed by atoms with Crippen LogP contribution < -0.4 is 0 Å². The second-order valence-electron chi connectivity index (χ2n) is 0.513. The minimum Gasteiger partial charge on any atom is 1.00 e. The van der Waals surface area contributed by atoms with E-state index in [9.17, 15) is 0 Å². The minimum atomic E-state index is -4.64. The maximum Gasteiger partial charge on any atom is 1.00 e. The van der Waals surface area contributed by atoms with Crippen LogP contribution in [-0.2, 0) is 4.57 Å². The molecule has 0 radical (unpaired) electrons. The van der Waals surface area contributed by atoms with E-state index < -0.39 is 7.82 Å². The molecule has 0 aromatic rings. The van der Waals surface area contributed by atoms with E-state index in [2.05, 4.69) is 0 Å². The van der Waals surface area contributed by atoms with Crippen molar-refractivity contribution in [2.24, 2.45) is 0 Å². The van der Waals surface area contributed by atoms with Crippen molar-refractivity contribution in [3.8, 4) is 0 Å². The summed E-state index contributed by atoms with van der Waals surface area (Å²) in [6.07, 6.45) is 0. The smallest absolute Gasteiger partial charge is 1.00 e. The summed E-state index contributed by atoms with van der Waals surface area (Å²) in [6.45, 7) is 0. The molecule has 0 saturated heterocycles. The molecule has 0 aromatic carbocycles. The first-order valence-corrected chi connectivity index (χ1v) is 2.35. The summed E-state index contributed by atoms with van der Waals surface area (Å²) in [6, 6.07) is 0. The maximum atomic E-state index is 8.88. The van der Waals surface area contributed by atoms with Gasteiger partial charge in [-0.3, -0.25) is 0 Å². The second-order valence-corrected chi connectivity index (χ2v) is 1.54. The Balaban J connectivity index is -0.0000000800. The van der Waals surface area contributed by atoms with Crippen LogP contribution in [0.4, 0.5) is 0 Å². The van der Waals surface area contributed by atoms with Gasteiger partial charge in [0.2, 0.25) is 0 Å². The Morgan fingerprint density at radius 2 is 1.33 bits per heavy atom. The molecule has 6 heteroatoms. The summed E-state index contributed by atoms with van der Waals surface area (Å²) < 4.78 is 8.88. The molecule has 0 saturated carbocycles. The third-order valence-electron chi connectivity index (χ3n) is 0. The van der Waals surface area contributed by atoms with Crippen molar-refractivity contribution in [3.05, 3.63) is 0 Å². The van der Waals surface area contributed by atoms with Crippen LogP contribution in [0.15, 0.2) is 0 Å². The molecule has 0 bridgehead atoms. The number of hydrogen-bond acceptors (Lipinski definition) is 1. The summed E-state index contributed by atoms with van der Waals surface area (Å²) in [5.41, 5.74) is 0. The van der Waals surface area contributed by atoms with Gasteiger partial charge in [0.25, 0.3) is 0 Å². The molecule has 0 heterocycles. The summed E-state index contributed by atoms with van der Waals surface area (Å²) in [7, 11) is -4.64. The Morgan fingerprint density at radius 3 is 1.33 bits per heavy atom. The van der Waals surface area contributed by atoms with E-state index in [4.69, 9.17) is 19.2 Å². The molecule has 0 unspecified atom stereocenters. The van der Waals surface area contributed by atoms with Gasteiger partial charge in [0, 0.05) is 0 Å². The summed E-state index contributed by atoms with van der Waals surface area (Å²) in [5, 5.41) is 0. The number of phosphoric acid groups is 1. The van der Waals surface area contributed by atoms with Crippen LogP contribution in [0.3, 0.4) is 0 Å². The third-order valence-corrected chi connectivity index (χ3v) is 0. The Morgan fingerprint density at radius 1 is 1.33 bits per heavy atom. The molecule has 0 aromatic heterocycles. The van der Waals surface area contributed by atoms with Gasteiger partial charge in [-0.05, 0) is 0 Å². The monoisotopic (exact) mass is 233 g/mol. The molecule has 6 heavy (non-hydrogen) atoms. The van der Waals surface area contributed by atoms with Crippen molar-refractivity contribution in [3.63, 3.8) is 0 Å². The first-order valence-electron chi connectivity index (χ1n) is 0.783. The maximum absolute atomic E-state index is 8.88. The second kappa shape index (κ2) is 4.08. The van der Waals surface area contributed by atoms with Gasteiger partial charge in [-0.1, -0.05) is 0 Å². The molecule has 0 rings (SSSR count). The van der Waals surface area contributed by atoms with Gasteiger partial charge in [-0.25, -0.2) is 4.57 Å². The van der Waals surface area contributed by atoms with Crippen molar-refractivity contribution in [2.45, 2.75) is 0 Å². The Hall–Kier alpha value is 2.16. The van der Waals surface area contributed by atoms with E-state index in [1.54, 1.807) is 0 Å². The van der Waals surface area contributed by atoms with Gasteiger partial charge in [0.05, 0.1) is 0 Å². The number of rotatable bonds is 0. The van der Waals surface area contributed by atoms with Crippen LogP contribution >= 0.6 is 7.82 Å². The Labute approximate surface area is 95.1 Å². The fraction of sp³-hybridized carbons (Fsp3) is 0. The SMILES string of the molecule is O=P(O)(O)O.[CsH].[H+]. The predicted octanol–water partition coefficient (Wildman–Crippen LogP) is -1.46. The van der Waals surface area contributed by atoms with Crippen LogP contribution in [0.2, 0.25) is 0 Å². The summed E-state index contributed by atoms with van der Waals surface area (Å²) >= 11 is 0. The zero-order chi connectivity index (χ0) is 4.50. The molecule has 0 aliphatic carbocycles. The molecule has 0 spiro atoms. The molecule has 3 N–H and O–H groups in total. The van der Waals surface area contributed by atoms with Crippen LogP contribution in [0.25, 0.3) is 0 Å². The molecular formula is H5CsO4P+. The van der Waals surface area contributed by atoms with Crippen LogP contribution in [0.1, 0.15) is 1.43 Å². The van der Waals surface area contributed by atoms with Crippen molar-refractivity contribution >= 4 is 76.7 Å². The first kappa shape index (κ1) is 11.0. The Bertz CT molecular complexity index is 57.8. The van der Waals surface area contributed by atoms with Crippen molar-refractivity contribution < 1.29 is 20.7 Å². The van der Waals surface area contributed by atoms with Gasteiger partial charge in [-0.15, -0.1) is 0 Å². The van der Waals surface area contributed by atoms with Crippen molar-refractivity contribution in [2.75, 3.05) is 0 Å². The van der Waals surface area contributed by atoms with Gasteiger partial charge in [0.1, 0.15) is 0 Å². The molecule has 0 atom stereocenters. The molecule has 4 nitrogen and oxygen atoms in total. The van der Waals surface area contributed by atoms with Crippen LogP contribution in [0.5, 0.6) is 0 Å². The van der Waals surface area contributed by atoms with E-state index in [0.717, 1.165) is 0 Å². The quantitative estimate of drug-likeness (QED) is 0.446. The first-order chi connectivity index (χ1) is 2.00. The van der Waals surface area contributed by atoms with Crippen molar-refractivity contribution in [1.82, 2.24) is 0 Å². The Kier molecular flexibility index (Phi) is 7.50. The minimum absolute atomic E-state index is 0. The summed E-state index contributed by atoms with van der Waals surface area (Å²) in [5.74, 6) is 0. The van der Waals surface area contributed by atoms with Gasteiger partial charge < -0.3 is 14.7 Å². The largest absolute Gasteiger partial charge is 1.00 e. The number of hydrogen-bond donors (Lipinski definition) is 3. The van der Waals surface area contributed by atoms with E-state index in [1.807, 2.05) is 0 Å². The fourth-order valence-electron chi connectivity index (χ4n) is 0. The van der Waals surface area contributed by atoms with E-state index >= 15 is 0 Å². The zero-order valence-corrected chi connectivity index (χ0v) is 3.09. The van der Waals surface area contributed by atoms with Crippen molar-refractivity contribution in [1.29, 1.82) is 0 Å². The van der Waals surface area contributed by atoms with Crippen LogP contribution in [0, 0.1) is 0 Å². The molecule has 0 amide bonds. The average molecular weight is 233 g/mol.